The van der Waals surface area contributed by atoms with E-state index < -0.39 is 0 Å². The molecule has 1 saturated carbocycles. The summed E-state index contributed by atoms with van der Waals surface area (Å²) >= 11 is 0. The maximum Gasteiger partial charge on any atom is 0.0200 e. The number of rotatable bonds is 3. The number of piperidine rings is 1. The lowest BCUT2D eigenvalue weighted by Gasteiger charge is -2.37. The van der Waals surface area contributed by atoms with E-state index in [4.69, 9.17) is 0 Å². The van der Waals surface area contributed by atoms with Crippen LogP contribution in [0.25, 0.3) is 0 Å². The van der Waals surface area contributed by atoms with E-state index in [9.17, 15) is 0 Å². The van der Waals surface area contributed by atoms with Crippen molar-refractivity contribution in [2.45, 2.75) is 58.0 Å². The molecular formula is C13H26N2. The molecule has 88 valence electrons. The van der Waals surface area contributed by atoms with Crippen molar-refractivity contribution in [3.63, 3.8) is 0 Å². The normalized spacial score (nSPS) is 34.8. The largest absolute Gasteiger partial charge is 0.310 e. The number of nitrogens with one attached hydrogen (secondary N) is 1. The molecule has 2 rings (SSSR count). The van der Waals surface area contributed by atoms with E-state index in [2.05, 4.69) is 24.1 Å². The summed E-state index contributed by atoms with van der Waals surface area (Å²) in [5.74, 6) is 0.873. The van der Waals surface area contributed by atoms with Crippen LogP contribution < -0.4 is 5.32 Å². The van der Waals surface area contributed by atoms with Gasteiger partial charge in [0.15, 0.2) is 0 Å². The average Bonchev–Trinajstić information content (AvgIpc) is 2.69. The van der Waals surface area contributed by atoms with E-state index in [-0.39, 0.29) is 0 Å². The van der Waals surface area contributed by atoms with Crippen LogP contribution in [0.15, 0.2) is 0 Å². The van der Waals surface area contributed by atoms with E-state index in [1.165, 1.54) is 51.7 Å². The molecule has 0 aromatic carbocycles. The van der Waals surface area contributed by atoms with Gasteiger partial charge in [0.25, 0.3) is 0 Å². The minimum absolute atomic E-state index is 0.761. The number of nitrogens with zero attached hydrogens (tertiary/aromatic N) is 1. The SMILES string of the molecule is CCN1CC(C)CC(NC2CCCC2)C1. The Balaban J connectivity index is 1.80. The van der Waals surface area contributed by atoms with Crippen molar-refractivity contribution in [1.29, 1.82) is 0 Å². The molecule has 1 aliphatic heterocycles. The topological polar surface area (TPSA) is 15.3 Å². The molecule has 1 heterocycles. The zero-order chi connectivity index (χ0) is 10.7. The molecule has 2 unspecified atom stereocenters. The van der Waals surface area contributed by atoms with Gasteiger partial charge in [-0.05, 0) is 31.7 Å². The van der Waals surface area contributed by atoms with Crippen LogP contribution in [0.3, 0.4) is 0 Å². The van der Waals surface area contributed by atoms with Crippen molar-refractivity contribution in [2.24, 2.45) is 5.92 Å². The average molecular weight is 210 g/mol. The summed E-state index contributed by atoms with van der Waals surface area (Å²) < 4.78 is 0. The molecule has 2 heteroatoms. The van der Waals surface area contributed by atoms with Crippen molar-refractivity contribution in [3.8, 4) is 0 Å². The Bertz CT molecular complexity index is 187. The second kappa shape index (κ2) is 5.31. The fourth-order valence-corrected chi connectivity index (χ4v) is 3.27. The summed E-state index contributed by atoms with van der Waals surface area (Å²) in [5.41, 5.74) is 0. The Morgan fingerprint density at radius 3 is 2.53 bits per heavy atom. The van der Waals surface area contributed by atoms with Gasteiger partial charge in [-0.3, -0.25) is 0 Å². The third-order valence-electron chi connectivity index (χ3n) is 4.01. The number of hydrogen-bond donors (Lipinski definition) is 1. The molecule has 0 radical (unpaired) electrons. The van der Waals surface area contributed by atoms with Crippen LogP contribution in [-0.2, 0) is 0 Å². The third-order valence-corrected chi connectivity index (χ3v) is 4.01. The first kappa shape index (κ1) is 11.4. The summed E-state index contributed by atoms with van der Waals surface area (Å²) in [7, 11) is 0. The molecule has 1 saturated heterocycles. The van der Waals surface area contributed by atoms with Gasteiger partial charge in [0.2, 0.25) is 0 Å². The van der Waals surface area contributed by atoms with Gasteiger partial charge in [-0.1, -0.05) is 26.7 Å². The molecule has 0 bridgehead atoms. The highest BCUT2D eigenvalue weighted by molar-refractivity contribution is 4.85. The molecule has 2 fully saturated rings. The molecule has 0 aromatic heterocycles. The standard InChI is InChI=1S/C13H26N2/c1-3-15-9-11(2)8-13(10-15)14-12-6-4-5-7-12/h11-14H,3-10H2,1-2H3. The van der Waals surface area contributed by atoms with Crippen LogP contribution in [0.5, 0.6) is 0 Å². The van der Waals surface area contributed by atoms with Gasteiger partial charge in [-0.25, -0.2) is 0 Å². The van der Waals surface area contributed by atoms with Crippen LogP contribution in [0, 0.1) is 5.92 Å². The number of hydrogen-bond acceptors (Lipinski definition) is 2. The van der Waals surface area contributed by atoms with Gasteiger partial charge in [-0.2, -0.15) is 0 Å². The smallest absolute Gasteiger partial charge is 0.0200 e. The molecular weight excluding hydrogens is 184 g/mol. The Morgan fingerprint density at radius 1 is 1.13 bits per heavy atom. The zero-order valence-electron chi connectivity index (χ0n) is 10.3. The molecule has 1 aliphatic carbocycles. The highest BCUT2D eigenvalue weighted by Crippen LogP contribution is 2.21. The third kappa shape index (κ3) is 3.18. The van der Waals surface area contributed by atoms with Gasteiger partial charge in [0.05, 0.1) is 0 Å². The van der Waals surface area contributed by atoms with Gasteiger partial charge in [-0.15, -0.1) is 0 Å². The maximum atomic E-state index is 3.87. The Morgan fingerprint density at radius 2 is 1.87 bits per heavy atom. The summed E-state index contributed by atoms with van der Waals surface area (Å²) in [6.45, 7) is 8.47. The van der Waals surface area contributed by atoms with E-state index >= 15 is 0 Å². The molecule has 0 spiro atoms. The summed E-state index contributed by atoms with van der Waals surface area (Å²) in [4.78, 5) is 2.60. The molecule has 0 aromatic rings. The second-order valence-corrected chi connectivity index (χ2v) is 5.54. The van der Waals surface area contributed by atoms with Gasteiger partial charge < -0.3 is 10.2 Å². The van der Waals surface area contributed by atoms with Crippen molar-refractivity contribution in [3.05, 3.63) is 0 Å². The molecule has 2 atom stereocenters. The lowest BCUT2D eigenvalue weighted by atomic mass is 9.95. The van der Waals surface area contributed by atoms with Crippen molar-refractivity contribution < 1.29 is 0 Å². The molecule has 15 heavy (non-hydrogen) atoms. The number of likely N-dealkylation sites (tertiary alicyclic amines) is 1. The maximum absolute atomic E-state index is 3.87. The minimum Gasteiger partial charge on any atom is -0.310 e. The molecule has 0 amide bonds. The van der Waals surface area contributed by atoms with E-state index in [0.717, 1.165) is 18.0 Å². The van der Waals surface area contributed by atoms with Crippen molar-refractivity contribution in [2.75, 3.05) is 19.6 Å². The first-order valence-electron chi connectivity index (χ1n) is 6.76. The molecule has 2 nitrogen and oxygen atoms in total. The minimum atomic E-state index is 0.761. The van der Waals surface area contributed by atoms with Crippen LogP contribution >= 0.6 is 0 Å². The second-order valence-electron chi connectivity index (χ2n) is 5.54. The van der Waals surface area contributed by atoms with Crippen LogP contribution in [0.4, 0.5) is 0 Å². The van der Waals surface area contributed by atoms with Crippen LogP contribution in [0.2, 0.25) is 0 Å². The van der Waals surface area contributed by atoms with Crippen LogP contribution in [0.1, 0.15) is 46.0 Å². The Labute approximate surface area is 94.4 Å². The van der Waals surface area contributed by atoms with Crippen molar-refractivity contribution >= 4 is 0 Å². The predicted molar refractivity (Wildman–Crippen MR) is 65.1 cm³/mol. The fourth-order valence-electron chi connectivity index (χ4n) is 3.27. The highest BCUT2D eigenvalue weighted by Gasteiger charge is 2.26. The van der Waals surface area contributed by atoms with E-state index in [1.54, 1.807) is 0 Å². The quantitative estimate of drug-likeness (QED) is 0.768. The van der Waals surface area contributed by atoms with Gasteiger partial charge in [0.1, 0.15) is 0 Å². The predicted octanol–water partition coefficient (Wildman–Crippen LogP) is 2.25. The Hall–Kier alpha value is -0.0800. The van der Waals surface area contributed by atoms with Gasteiger partial charge in [0, 0.05) is 25.2 Å². The first-order chi connectivity index (χ1) is 7.28. The summed E-state index contributed by atoms with van der Waals surface area (Å²) in [5, 5.41) is 3.87. The summed E-state index contributed by atoms with van der Waals surface area (Å²) in [6, 6.07) is 1.59. The zero-order valence-corrected chi connectivity index (χ0v) is 10.3. The summed E-state index contributed by atoms with van der Waals surface area (Å²) in [6.07, 6.45) is 7.09. The molecule has 2 aliphatic rings. The van der Waals surface area contributed by atoms with E-state index in [0.29, 0.717) is 0 Å². The Kier molecular flexibility index (Phi) is 4.04. The lowest BCUT2D eigenvalue weighted by molar-refractivity contribution is 0.149. The van der Waals surface area contributed by atoms with E-state index in [1.807, 2.05) is 0 Å². The number of likely N-dealkylation sites (N-methyl/N-ethyl adjacent to an activating group) is 1. The fraction of sp³-hybridized carbons (Fsp3) is 1.00. The monoisotopic (exact) mass is 210 g/mol. The van der Waals surface area contributed by atoms with Gasteiger partial charge >= 0.3 is 0 Å². The molecule has 1 N–H and O–H groups in total. The lowest BCUT2D eigenvalue weighted by Crippen LogP contribution is -2.50. The van der Waals surface area contributed by atoms with Crippen LogP contribution in [-0.4, -0.2) is 36.6 Å². The first-order valence-corrected chi connectivity index (χ1v) is 6.76. The highest BCUT2D eigenvalue weighted by atomic mass is 15.2. The van der Waals surface area contributed by atoms with Crippen molar-refractivity contribution in [1.82, 2.24) is 10.2 Å².